The standard InChI is InChI=1S/C57H68ClFN12O5S/c1-30-23-69(19-9-8-10-46(73)65-52(57(4,5)6)55(75)71-26-37(72)20-44(71)54(74)63-31(2)33-11-13-34(14-12-33)51-32(3)62-29-77-51)45(30)28-76-56-66-50-38(53(67-56)70-24-35-15-16-36(25-70)64-35)21-41(58)48(49(50)59)40-27-68(7)43-18-17-42(61)39(22-60)47(40)43/h11-14,17-18,21,27,29-31,35-37,44-45,52,64,72H,8-10,15-16,19-20,23-26,28,61H2,1-7H3,(H,63,74)(H,65,73)/t30-,31+,35?,36?,37-,44+,45-,52-/m1/s1. The van der Waals surface area contributed by atoms with Gasteiger partial charge in [-0.25, -0.2) is 9.37 Å². The molecule has 20 heteroatoms. The van der Waals surface area contributed by atoms with Crippen molar-refractivity contribution in [2.24, 2.45) is 18.4 Å². The van der Waals surface area contributed by atoms with Gasteiger partial charge in [0.1, 0.15) is 36.1 Å². The Morgan fingerprint density at radius 1 is 1.06 bits per heavy atom. The number of benzene rings is 3. The van der Waals surface area contributed by atoms with Gasteiger partial charge >= 0.3 is 6.01 Å². The third-order valence-electron chi connectivity index (χ3n) is 16.1. The van der Waals surface area contributed by atoms with Crippen LogP contribution < -0.4 is 31.3 Å². The molecule has 6 aromatic rings. The lowest BCUT2D eigenvalue weighted by atomic mass is 9.85. The highest BCUT2D eigenvalue weighted by Gasteiger charge is 2.45. The number of hydrogen-bond acceptors (Lipinski definition) is 14. The molecule has 406 valence electrons. The van der Waals surface area contributed by atoms with Gasteiger partial charge in [-0.1, -0.05) is 63.6 Å². The highest BCUT2D eigenvalue weighted by molar-refractivity contribution is 7.13. The van der Waals surface area contributed by atoms with E-state index in [1.807, 2.05) is 76.0 Å². The first-order valence-corrected chi connectivity index (χ1v) is 28.0. The third-order valence-corrected chi connectivity index (χ3v) is 17.4. The number of aryl methyl sites for hydroxylation is 2. The summed E-state index contributed by atoms with van der Waals surface area (Å²) in [6.07, 6.45) is 4.51. The number of aromatic nitrogens is 4. The summed E-state index contributed by atoms with van der Waals surface area (Å²) in [4.78, 5) is 62.8. The number of ether oxygens (including phenoxy) is 1. The van der Waals surface area contributed by atoms with Gasteiger partial charge in [-0.15, -0.1) is 11.3 Å². The van der Waals surface area contributed by atoms with Gasteiger partial charge in [0.2, 0.25) is 17.7 Å². The summed E-state index contributed by atoms with van der Waals surface area (Å²) in [7, 11) is 1.83. The number of aliphatic hydroxyl groups excluding tert-OH is 1. The molecule has 8 atom stereocenters. The average Bonchev–Trinajstić information content (AvgIpc) is 4.30. The highest BCUT2D eigenvalue weighted by atomic mass is 35.5. The summed E-state index contributed by atoms with van der Waals surface area (Å²) in [6.45, 7) is 14.8. The number of halogens is 2. The van der Waals surface area contributed by atoms with E-state index in [1.54, 1.807) is 35.7 Å². The molecule has 10 rings (SSSR count). The molecular formula is C57H68ClFN12O5S. The molecule has 0 radical (unpaired) electrons. The zero-order valence-electron chi connectivity index (χ0n) is 44.7. The molecule has 77 heavy (non-hydrogen) atoms. The van der Waals surface area contributed by atoms with Gasteiger partial charge in [0, 0.05) is 97.8 Å². The third kappa shape index (κ3) is 10.8. The van der Waals surface area contributed by atoms with Crippen LogP contribution in [-0.2, 0) is 21.4 Å². The van der Waals surface area contributed by atoms with Crippen molar-refractivity contribution >= 4 is 74.0 Å². The van der Waals surface area contributed by atoms with Gasteiger partial charge in [0.15, 0.2) is 5.82 Å². The van der Waals surface area contributed by atoms with Gasteiger partial charge < -0.3 is 45.9 Å². The lowest BCUT2D eigenvalue weighted by Crippen LogP contribution is -2.58. The summed E-state index contributed by atoms with van der Waals surface area (Å²) >= 11 is 8.61. The quantitative estimate of drug-likeness (QED) is 0.0465. The molecule has 2 unspecified atom stereocenters. The molecule has 4 aliphatic rings. The number of nitriles is 1. The van der Waals surface area contributed by atoms with Crippen molar-refractivity contribution in [3.05, 3.63) is 81.8 Å². The number of nitrogens with zero attached hydrogens (tertiary/aromatic N) is 8. The van der Waals surface area contributed by atoms with Crippen molar-refractivity contribution in [2.75, 3.05) is 50.0 Å². The predicted octanol–water partition coefficient (Wildman–Crippen LogP) is 7.65. The molecule has 2 bridgehead atoms. The summed E-state index contributed by atoms with van der Waals surface area (Å²) in [6, 6.07) is 13.8. The number of nitrogen functional groups attached to an aromatic ring is 1. The van der Waals surface area contributed by atoms with Crippen LogP contribution in [-0.4, -0.2) is 128 Å². The fourth-order valence-electron chi connectivity index (χ4n) is 11.9. The second-order valence-electron chi connectivity index (χ2n) is 22.7. The molecular weight excluding hydrogens is 1020 g/mol. The van der Waals surface area contributed by atoms with Crippen LogP contribution in [0.15, 0.2) is 54.2 Å². The van der Waals surface area contributed by atoms with Crippen LogP contribution in [0.5, 0.6) is 6.01 Å². The minimum atomic E-state index is -0.931. The van der Waals surface area contributed by atoms with Crippen molar-refractivity contribution < 1.29 is 28.6 Å². The van der Waals surface area contributed by atoms with Gasteiger partial charge in [-0.3, -0.25) is 19.3 Å². The topological polar surface area (TPSA) is 220 Å². The SMILES string of the molecule is Cc1ncsc1-c1ccc([C@H](C)NC(=O)[C@@H]2C[C@@H](O)CN2C(=O)[C@@H](NC(=O)CCCCN2C[C@@H](C)[C@H]2COc2nc(N3CC4CCC(C3)N4)c3cc(Cl)c(-c4cn(C)c5ccc(N)c(C#N)c45)c(F)c3n2)C(C)(C)C)cc1. The largest absolute Gasteiger partial charge is 0.462 e. The zero-order chi connectivity index (χ0) is 54.6. The number of rotatable bonds is 16. The van der Waals surface area contributed by atoms with Crippen LogP contribution in [0.1, 0.15) is 96.0 Å². The van der Waals surface area contributed by atoms with Gasteiger partial charge in [0.25, 0.3) is 0 Å². The Morgan fingerprint density at radius 3 is 2.48 bits per heavy atom. The number of β-amino-alcohol motifs (C(OH)–C–C–N with tert-alkyl or cyclic N) is 1. The van der Waals surface area contributed by atoms with Crippen molar-refractivity contribution in [3.63, 3.8) is 0 Å². The number of aliphatic hydroxyl groups is 1. The number of unbranched alkanes of at least 4 members (excludes halogenated alkanes) is 1. The molecule has 6 N–H and O–H groups in total. The number of amides is 3. The Morgan fingerprint density at radius 2 is 1.81 bits per heavy atom. The first-order chi connectivity index (χ1) is 36.8. The van der Waals surface area contributed by atoms with Gasteiger partial charge in [-0.2, -0.15) is 15.2 Å². The molecule has 4 saturated heterocycles. The van der Waals surface area contributed by atoms with Crippen LogP contribution in [0, 0.1) is 35.4 Å². The van der Waals surface area contributed by atoms with E-state index in [0.717, 1.165) is 41.1 Å². The first-order valence-electron chi connectivity index (χ1n) is 26.7. The van der Waals surface area contributed by atoms with Crippen molar-refractivity contribution in [1.29, 1.82) is 5.26 Å². The van der Waals surface area contributed by atoms with Crippen LogP contribution in [0.25, 0.3) is 43.4 Å². The monoisotopic (exact) mass is 1090 g/mol. The number of piperazine rings is 1. The Labute approximate surface area is 457 Å². The fourth-order valence-corrected chi connectivity index (χ4v) is 13.0. The van der Waals surface area contributed by atoms with E-state index in [1.165, 1.54) is 4.90 Å². The number of nitrogens with two attached hydrogens (primary N) is 1. The normalized spacial score (nSPS) is 22.2. The van der Waals surface area contributed by atoms with E-state index in [0.29, 0.717) is 66.1 Å². The molecule has 3 aromatic heterocycles. The van der Waals surface area contributed by atoms with E-state index in [2.05, 4.69) is 43.7 Å². The van der Waals surface area contributed by atoms with E-state index in [-0.39, 0.29) is 95.3 Å². The number of carbonyl (C=O) groups is 3. The Bertz CT molecular complexity index is 3270. The lowest BCUT2D eigenvalue weighted by molar-refractivity contribution is -0.144. The summed E-state index contributed by atoms with van der Waals surface area (Å²) in [5.74, 6) is -0.840. The Kier molecular flexibility index (Phi) is 15.3. The second kappa shape index (κ2) is 21.8. The number of fused-ring (bicyclic) bond motifs is 4. The molecule has 7 heterocycles. The van der Waals surface area contributed by atoms with Crippen LogP contribution in [0.4, 0.5) is 15.9 Å². The number of carbonyl (C=O) groups excluding carboxylic acids is 3. The lowest BCUT2D eigenvalue weighted by Gasteiger charge is -2.46. The van der Waals surface area contributed by atoms with Crippen molar-refractivity contribution in [2.45, 2.75) is 122 Å². The average molecular weight is 1090 g/mol. The molecule has 0 saturated carbocycles. The smallest absolute Gasteiger partial charge is 0.319 e. The minimum Gasteiger partial charge on any atom is -0.462 e. The molecule has 17 nitrogen and oxygen atoms in total. The maximum Gasteiger partial charge on any atom is 0.319 e. The highest BCUT2D eigenvalue weighted by Crippen LogP contribution is 2.44. The van der Waals surface area contributed by atoms with Crippen LogP contribution >= 0.6 is 22.9 Å². The summed E-state index contributed by atoms with van der Waals surface area (Å²) in [5, 5.41) is 31.8. The van der Waals surface area contributed by atoms with E-state index >= 15 is 4.39 Å². The second-order valence-corrected chi connectivity index (χ2v) is 24.0. The number of thiazole rings is 1. The Hall–Kier alpha value is -6.43. The molecule has 0 aliphatic carbocycles. The summed E-state index contributed by atoms with van der Waals surface area (Å²) in [5.41, 5.74) is 12.1. The molecule has 0 spiro atoms. The predicted molar refractivity (Wildman–Crippen MR) is 298 cm³/mol. The summed E-state index contributed by atoms with van der Waals surface area (Å²) < 4.78 is 25.6. The number of hydrogen-bond donors (Lipinski definition) is 5. The molecule has 4 aliphatic heterocycles. The Balaban J connectivity index is 0.776. The number of anilines is 2. The van der Waals surface area contributed by atoms with E-state index in [4.69, 9.17) is 32.0 Å². The zero-order valence-corrected chi connectivity index (χ0v) is 46.3. The van der Waals surface area contributed by atoms with Crippen molar-refractivity contribution in [3.8, 4) is 33.6 Å². The first kappa shape index (κ1) is 53.9. The van der Waals surface area contributed by atoms with E-state index in [9.17, 15) is 24.8 Å². The maximum absolute atomic E-state index is 17.4. The molecule has 3 aromatic carbocycles. The van der Waals surface area contributed by atoms with Gasteiger partial charge in [-0.05, 0) is 86.7 Å². The fraction of sp³-hybridized carbons (Fsp3) is 0.491. The molecule has 3 amide bonds. The number of likely N-dealkylation sites (tertiary alicyclic amines) is 2. The minimum absolute atomic E-state index is 0.0132. The van der Waals surface area contributed by atoms with Crippen LogP contribution in [0.3, 0.4) is 0 Å². The van der Waals surface area contributed by atoms with Crippen molar-refractivity contribution in [1.82, 2.24) is 45.3 Å². The van der Waals surface area contributed by atoms with E-state index < -0.39 is 35.3 Å². The van der Waals surface area contributed by atoms with Gasteiger partial charge in [0.05, 0.1) is 44.5 Å². The molecule has 4 fully saturated rings. The number of nitrogens with one attached hydrogen (secondary N) is 3. The van der Waals surface area contributed by atoms with Crippen LogP contribution in [0.2, 0.25) is 5.02 Å². The maximum atomic E-state index is 17.4.